The van der Waals surface area contributed by atoms with Gasteiger partial charge in [-0.2, -0.15) is 4.31 Å². The molecular formula is C20H21FN4O2S. The molecule has 2 atom stereocenters. The predicted octanol–water partition coefficient (Wildman–Crippen LogP) is 2.83. The van der Waals surface area contributed by atoms with Gasteiger partial charge in [0.15, 0.2) is 5.03 Å². The van der Waals surface area contributed by atoms with Crippen LogP contribution in [0.4, 0.5) is 10.1 Å². The summed E-state index contributed by atoms with van der Waals surface area (Å²) < 4.78 is 42.7. The highest BCUT2D eigenvalue weighted by Gasteiger charge is 2.40. The van der Waals surface area contributed by atoms with Gasteiger partial charge in [-0.15, -0.1) is 0 Å². The smallest absolute Gasteiger partial charge is 0.262 e. The van der Waals surface area contributed by atoms with E-state index in [0.717, 1.165) is 5.56 Å². The van der Waals surface area contributed by atoms with E-state index in [9.17, 15) is 12.8 Å². The summed E-state index contributed by atoms with van der Waals surface area (Å²) in [5.74, 6) is -0.403. The maximum absolute atomic E-state index is 13.6. The summed E-state index contributed by atoms with van der Waals surface area (Å²) in [6.45, 7) is 0.602. The molecule has 0 amide bonds. The molecule has 1 N–H and O–H groups in total. The number of nitrogens with zero attached hydrogens (tertiary/aromatic N) is 3. The summed E-state index contributed by atoms with van der Waals surface area (Å²) >= 11 is 0. The van der Waals surface area contributed by atoms with Crippen LogP contribution in [0.5, 0.6) is 0 Å². The summed E-state index contributed by atoms with van der Waals surface area (Å²) in [6.07, 6.45) is 2.97. The molecule has 146 valence electrons. The van der Waals surface area contributed by atoms with Crippen LogP contribution in [0.3, 0.4) is 0 Å². The average Bonchev–Trinajstić information content (AvgIpc) is 3.30. The molecular weight excluding hydrogens is 379 g/mol. The molecule has 1 aliphatic heterocycles. The Kier molecular flexibility index (Phi) is 4.91. The first-order valence-corrected chi connectivity index (χ1v) is 10.4. The third-order valence-corrected chi connectivity index (χ3v) is 6.69. The van der Waals surface area contributed by atoms with E-state index >= 15 is 0 Å². The third-order valence-electron chi connectivity index (χ3n) is 4.98. The molecule has 4 rings (SSSR count). The molecule has 6 nitrogen and oxygen atoms in total. The number of aromatic nitrogens is 2. The summed E-state index contributed by atoms with van der Waals surface area (Å²) in [6, 6.07) is 15.8. The van der Waals surface area contributed by atoms with Crippen LogP contribution in [0.15, 0.2) is 72.1 Å². The Morgan fingerprint density at radius 3 is 2.57 bits per heavy atom. The highest BCUT2D eigenvalue weighted by molar-refractivity contribution is 7.89. The fourth-order valence-electron chi connectivity index (χ4n) is 3.59. The van der Waals surface area contributed by atoms with Crippen molar-refractivity contribution < 1.29 is 12.8 Å². The molecule has 0 spiro atoms. The second kappa shape index (κ2) is 7.37. The summed E-state index contributed by atoms with van der Waals surface area (Å²) in [5, 5.41) is 3.35. The van der Waals surface area contributed by atoms with Crippen LogP contribution < -0.4 is 5.32 Å². The largest absolute Gasteiger partial charge is 0.380 e. The van der Waals surface area contributed by atoms with Crippen molar-refractivity contribution in [3.05, 3.63) is 78.5 Å². The fourth-order valence-corrected chi connectivity index (χ4v) is 5.05. The van der Waals surface area contributed by atoms with Gasteiger partial charge in [-0.05, 0) is 23.8 Å². The van der Waals surface area contributed by atoms with Gasteiger partial charge in [0.25, 0.3) is 10.0 Å². The van der Waals surface area contributed by atoms with Crippen LogP contribution in [0, 0.1) is 5.82 Å². The number of aryl methyl sites for hydroxylation is 1. The van der Waals surface area contributed by atoms with Crippen molar-refractivity contribution in [2.45, 2.75) is 17.0 Å². The van der Waals surface area contributed by atoms with Crippen molar-refractivity contribution in [3.63, 3.8) is 0 Å². The Morgan fingerprint density at radius 1 is 1.11 bits per heavy atom. The number of hydrogen-bond donors (Lipinski definition) is 1. The van der Waals surface area contributed by atoms with E-state index in [1.165, 1.54) is 29.0 Å². The van der Waals surface area contributed by atoms with E-state index in [2.05, 4.69) is 10.3 Å². The van der Waals surface area contributed by atoms with Gasteiger partial charge in [-0.25, -0.2) is 17.8 Å². The number of hydrogen-bond acceptors (Lipinski definition) is 4. The molecule has 2 heterocycles. The monoisotopic (exact) mass is 400 g/mol. The lowest BCUT2D eigenvalue weighted by Crippen LogP contribution is -2.32. The fraction of sp³-hybridized carbons (Fsp3) is 0.250. The Morgan fingerprint density at radius 2 is 1.89 bits per heavy atom. The number of nitrogens with one attached hydrogen (secondary N) is 1. The number of benzene rings is 2. The van der Waals surface area contributed by atoms with Crippen LogP contribution in [-0.4, -0.2) is 41.4 Å². The zero-order valence-electron chi connectivity index (χ0n) is 15.4. The van der Waals surface area contributed by atoms with E-state index in [0.29, 0.717) is 12.2 Å². The zero-order chi connectivity index (χ0) is 19.7. The first-order valence-electron chi connectivity index (χ1n) is 8.98. The van der Waals surface area contributed by atoms with Gasteiger partial charge in [-0.3, -0.25) is 0 Å². The quantitative estimate of drug-likeness (QED) is 0.715. The van der Waals surface area contributed by atoms with Gasteiger partial charge in [-0.1, -0.05) is 36.4 Å². The maximum Gasteiger partial charge on any atom is 0.262 e. The van der Waals surface area contributed by atoms with E-state index in [4.69, 9.17) is 0 Å². The number of imidazole rings is 1. The predicted molar refractivity (Wildman–Crippen MR) is 105 cm³/mol. The molecule has 0 radical (unpaired) electrons. The van der Waals surface area contributed by atoms with Crippen LogP contribution in [-0.2, 0) is 17.1 Å². The van der Waals surface area contributed by atoms with Gasteiger partial charge in [0.1, 0.15) is 5.82 Å². The topological polar surface area (TPSA) is 67.2 Å². The molecule has 2 aromatic carbocycles. The van der Waals surface area contributed by atoms with Crippen LogP contribution in [0.2, 0.25) is 0 Å². The molecule has 1 fully saturated rings. The lowest BCUT2D eigenvalue weighted by atomic mass is 9.94. The number of anilines is 1. The molecule has 0 saturated carbocycles. The van der Waals surface area contributed by atoms with Gasteiger partial charge < -0.3 is 9.88 Å². The Balaban J connectivity index is 1.65. The molecule has 2 unspecified atom stereocenters. The van der Waals surface area contributed by atoms with E-state index in [1.807, 2.05) is 30.3 Å². The van der Waals surface area contributed by atoms with Crippen molar-refractivity contribution in [1.29, 1.82) is 0 Å². The van der Waals surface area contributed by atoms with E-state index in [-0.39, 0.29) is 29.3 Å². The standard InChI is InChI=1S/C20H21FN4O2S/c1-24-13-20(22-14-24)28(26,27)25-11-18(15-6-3-2-4-7-15)19(12-25)23-17-9-5-8-16(21)10-17/h2-10,13-14,18-19,23H,11-12H2,1H3. The van der Waals surface area contributed by atoms with Gasteiger partial charge in [0, 0.05) is 44.0 Å². The van der Waals surface area contributed by atoms with Crippen LogP contribution in [0.25, 0.3) is 0 Å². The Bertz CT molecular complexity index is 1070. The number of halogens is 1. The van der Waals surface area contributed by atoms with Crippen molar-refractivity contribution in [1.82, 2.24) is 13.9 Å². The summed E-state index contributed by atoms with van der Waals surface area (Å²) in [4.78, 5) is 4.01. The van der Waals surface area contributed by atoms with E-state index < -0.39 is 10.0 Å². The molecule has 8 heteroatoms. The van der Waals surface area contributed by atoms with Crippen molar-refractivity contribution >= 4 is 15.7 Å². The average molecular weight is 400 g/mol. The highest BCUT2D eigenvalue weighted by atomic mass is 32.2. The van der Waals surface area contributed by atoms with Crippen LogP contribution >= 0.6 is 0 Å². The minimum Gasteiger partial charge on any atom is -0.380 e. The molecule has 28 heavy (non-hydrogen) atoms. The molecule has 1 aliphatic rings. The Hall–Kier alpha value is -2.71. The molecule has 3 aromatic rings. The minimum absolute atomic E-state index is 0.0354. The summed E-state index contributed by atoms with van der Waals surface area (Å²) in [7, 11) is -1.97. The summed E-state index contributed by atoms with van der Waals surface area (Å²) in [5.41, 5.74) is 1.66. The Labute approximate surface area is 163 Å². The normalized spacial score (nSPS) is 20.4. The van der Waals surface area contributed by atoms with Gasteiger partial charge in [0.2, 0.25) is 0 Å². The minimum atomic E-state index is -3.70. The molecule has 0 aliphatic carbocycles. The highest BCUT2D eigenvalue weighted by Crippen LogP contribution is 2.33. The lowest BCUT2D eigenvalue weighted by molar-refractivity contribution is 0.468. The van der Waals surface area contributed by atoms with Gasteiger partial charge >= 0.3 is 0 Å². The maximum atomic E-state index is 13.6. The first-order chi connectivity index (χ1) is 13.4. The van der Waals surface area contributed by atoms with E-state index in [1.54, 1.807) is 23.7 Å². The second-order valence-corrected chi connectivity index (χ2v) is 8.86. The third kappa shape index (κ3) is 3.65. The lowest BCUT2D eigenvalue weighted by Gasteiger charge is -2.21. The molecule has 1 aromatic heterocycles. The molecule has 1 saturated heterocycles. The number of sulfonamides is 1. The van der Waals surface area contributed by atoms with Crippen LogP contribution in [0.1, 0.15) is 11.5 Å². The number of rotatable bonds is 5. The zero-order valence-corrected chi connectivity index (χ0v) is 16.2. The second-order valence-electron chi connectivity index (χ2n) is 6.98. The van der Waals surface area contributed by atoms with Gasteiger partial charge in [0.05, 0.1) is 6.33 Å². The van der Waals surface area contributed by atoms with Crippen molar-refractivity contribution in [2.75, 3.05) is 18.4 Å². The van der Waals surface area contributed by atoms with Crippen molar-refractivity contribution in [2.24, 2.45) is 7.05 Å². The van der Waals surface area contributed by atoms with Crippen molar-refractivity contribution in [3.8, 4) is 0 Å². The first kappa shape index (κ1) is 18.6. The molecule has 0 bridgehead atoms. The SMILES string of the molecule is Cn1cnc(S(=O)(=O)N2CC(Nc3cccc(F)c3)C(c3ccccc3)C2)c1.